The topological polar surface area (TPSA) is 40.5 Å². The number of hydrogen-bond donors (Lipinski definition) is 1. The molecule has 1 aromatic rings. The average Bonchev–Trinajstić information content (AvgIpc) is 2.27. The quantitative estimate of drug-likeness (QED) is 0.893. The number of rotatable bonds is 3. The van der Waals surface area contributed by atoms with Crippen molar-refractivity contribution in [3.05, 3.63) is 34.9 Å². The maximum Gasteiger partial charge on any atom is 0.253 e. The Hall–Kier alpha value is -1.35. The minimum atomic E-state index is -0.0398. The third-order valence-electron chi connectivity index (χ3n) is 3.10. The van der Waals surface area contributed by atoms with Gasteiger partial charge in [0.1, 0.15) is 0 Å². The van der Waals surface area contributed by atoms with Crippen molar-refractivity contribution >= 4 is 5.91 Å². The number of amides is 1. The van der Waals surface area contributed by atoms with Crippen LogP contribution in [-0.4, -0.2) is 36.1 Å². The fraction of sp³-hybridized carbons (Fsp3) is 0.533. The minimum absolute atomic E-state index is 0.0125. The zero-order valence-corrected chi connectivity index (χ0v) is 11.9. The Labute approximate surface area is 109 Å². The second kappa shape index (κ2) is 5.53. The molecule has 0 spiro atoms. The first-order chi connectivity index (χ1) is 8.27. The molecule has 100 valence electrons. The SMILES string of the molecule is Cc1cc(C(C)(C)C)ccc1C(=O)N(C)CCO. The van der Waals surface area contributed by atoms with Crippen molar-refractivity contribution < 1.29 is 9.90 Å². The summed E-state index contributed by atoms with van der Waals surface area (Å²) >= 11 is 0. The van der Waals surface area contributed by atoms with Gasteiger partial charge in [-0.25, -0.2) is 0 Å². The predicted molar refractivity (Wildman–Crippen MR) is 73.9 cm³/mol. The molecule has 0 aromatic heterocycles. The Morgan fingerprint density at radius 3 is 2.39 bits per heavy atom. The van der Waals surface area contributed by atoms with Crippen LogP contribution in [0.15, 0.2) is 18.2 Å². The maximum atomic E-state index is 12.1. The van der Waals surface area contributed by atoms with Gasteiger partial charge in [-0.1, -0.05) is 32.9 Å². The molecule has 0 atom stereocenters. The highest BCUT2D eigenvalue weighted by Gasteiger charge is 2.18. The van der Waals surface area contributed by atoms with Gasteiger partial charge in [-0.15, -0.1) is 0 Å². The zero-order valence-electron chi connectivity index (χ0n) is 11.9. The van der Waals surface area contributed by atoms with Crippen molar-refractivity contribution in [2.45, 2.75) is 33.1 Å². The van der Waals surface area contributed by atoms with Gasteiger partial charge in [0.2, 0.25) is 0 Å². The molecule has 0 aliphatic rings. The largest absolute Gasteiger partial charge is 0.395 e. The van der Waals surface area contributed by atoms with Gasteiger partial charge in [-0.2, -0.15) is 0 Å². The van der Waals surface area contributed by atoms with E-state index in [0.29, 0.717) is 12.1 Å². The van der Waals surface area contributed by atoms with Crippen LogP contribution in [0.2, 0.25) is 0 Å². The number of benzene rings is 1. The molecule has 18 heavy (non-hydrogen) atoms. The molecule has 0 heterocycles. The lowest BCUT2D eigenvalue weighted by Crippen LogP contribution is -2.30. The standard InChI is InChI=1S/C15H23NO2/c1-11-10-12(15(2,3)4)6-7-13(11)14(18)16(5)8-9-17/h6-7,10,17H,8-9H2,1-5H3. The normalized spacial score (nSPS) is 11.4. The molecule has 0 bridgehead atoms. The lowest BCUT2D eigenvalue weighted by Gasteiger charge is -2.22. The lowest BCUT2D eigenvalue weighted by molar-refractivity contribution is 0.0766. The van der Waals surface area contributed by atoms with Crippen molar-refractivity contribution in [3.8, 4) is 0 Å². The zero-order chi connectivity index (χ0) is 13.9. The number of aliphatic hydroxyl groups is 1. The maximum absolute atomic E-state index is 12.1. The van der Waals surface area contributed by atoms with Crippen molar-refractivity contribution in [1.29, 1.82) is 0 Å². The molecule has 0 aliphatic carbocycles. The summed E-state index contributed by atoms with van der Waals surface area (Å²) in [5.74, 6) is -0.0398. The van der Waals surface area contributed by atoms with Gasteiger partial charge < -0.3 is 10.0 Å². The fourth-order valence-corrected chi connectivity index (χ4v) is 1.83. The number of hydrogen-bond acceptors (Lipinski definition) is 2. The highest BCUT2D eigenvalue weighted by molar-refractivity contribution is 5.95. The number of carbonyl (C=O) groups is 1. The number of carbonyl (C=O) groups excluding carboxylic acids is 1. The van der Waals surface area contributed by atoms with Gasteiger partial charge in [-0.3, -0.25) is 4.79 Å². The average molecular weight is 249 g/mol. The number of aryl methyl sites for hydroxylation is 1. The molecule has 3 nitrogen and oxygen atoms in total. The van der Waals surface area contributed by atoms with Crippen molar-refractivity contribution in [3.63, 3.8) is 0 Å². The Morgan fingerprint density at radius 2 is 1.94 bits per heavy atom. The van der Waals surface area contributed by atoms with E-state index < -0.39 is 0 Å². The highest BCUT2D eigenvalue weighted by Crippen LogP contribution is 2.24. The van der Waals surface area contributed by atoms with E-state index in [0.717, 1.165) is 5.56 Å². The first-order valence-corrected chi connectivity index (χ1v) is 6.25. The molecule has 0 saturated heterocycles. The number of likely N-dealkylation sites (N-methyl/N-ethyl adjacent to an activating group) is 1. The van der Waals surface area contributed by atoms with E-state index in [1.165, 1.54) is 5.56 Å². The van der Waals surface area contributed by atoms with E-state index in [4.69, 9.17) is 5.11 Å². The van der Waals surface area contributed by atoms with Crippen molar-refractivity contribution in [1.82, 2.24) is 4.90 Å². The number of nitrogens with zero attached hydrogens (tertiary/aromatic N) is 1. The van der Waals surface area contributed by atoms with Crippen LogP contribution in [0, 0.1) is 6.92 Å². The summed E-state index contributed by atoms with van der Waals surface area (Å²) < 4.78 is 0. The van der Waals surface area contributed by atoms with Crippen LogP contribution in [0.3, 0.4) is 0 Å². The van der Waals surface area contributed by atoms with Crippen LogP contribution in [0.1, 0.15) is 42.3 Å². The molecular weight excluding hydrogens is 226 g/mol. The Kier molecular flexibility index (Phi) is 4.52. The van der Waals surface area contributed by atoms with E-state index in [-0.39, 0.29) is 17.9 Å². The van der Waals surface area contributed by atoms with Gasteiger partial charge in [0, 0.05) is 19.2 Å². The van der Waals surface area contributed by atoms with E-state index in [1.807, 2.05) is 19.1 Å². The molecule has 1 N–H and O–H groups in total. The highest BCUT2D eigenvalue weighted by atomic mass is 16.3. The smallest absolute Gasteiger partial charge is 0.253 e. The molecule has 1 rings (SSSR count). The Bertz CT molecular complexity index is 433. The second-order valence-electron chi connectivity index (χ2n) is 5.73. The molecular formula is C15H23NO2. The van der Waals surface area contributed by atoms with Crippen LogP contribution in [0.5, 0.6) is 0 Å². The molecule has 0 saturated carbocycles. The molecule has 0 fully saturated rings. The van der Waals surface area contributed by atoms with Crippen molar-refractivity contribution in [2.75, 3.05) is 20.2 Å². The van der Waals surface area contributed by atoms with Crippen LogP contribution >= 0.6 is 0 Å². The molecule has 3 heteroatoms. The summed E-state index contributed by atoms with van der Waals surface area (Å²) in [4.78, 5) is 13.7. The van der Waals surface area contributed by atoms with Gasteiger partial charge in [0.25, 0.3) is 5.91 Å². The summed E-state index contributed by atoms with van der Waals surface area (Å²) in [5.41, 5.74) is 3.00. The first kappa shape index (κ1) is 14.7. The summed E-state index contributed by atoms with van der Waals surface area (Å²) in [7, 11) is 1.70. The van der Waals surface area contributed by atoms with Crippen LogP contribution < -0.4 is 0 Å². The summed E-state index contributed by atoms with van der Waals surface area (Å²) in [6.07, 6.45) is 0. The van der Waals surface area contributed by atoms with Gasteiger partial charge in [0.15, 0.2) is 0 Å². The third-order valence-corrected chi connectivity index (χ3v) is 3.10. The Morgan fingerprint density at radius 1 is 1.33 bits per heavy atom. The van der Waals surface area contributed by atoms with Gasteiger partial charge in [-0.05, 0) is 29.5 Å². The monoisotopic (exact) mass is 249 g/mol. The van der Waals surface area contributed by atoms with E-state index in [1.54, 1.807) is 11.9 Å². The van der Waals surface area contributed by atoms with Crippen molar-refractivity contribution in [2.24, 2.45) is 0 Å². The number of aliphatic hydroxyl groups excluding tert-OH is 1. The van der Waals surface area contributed by atoms with E-state index in [9.17, 15) is 4.79 Å². The molecule has 0 radical (unpaired) electrons. The van der Waals surface area contributed by atoms with E-state index in [2.05, 4.69) is 26.8 Å². The predicted octanol–water partition coefficient (Wildman–Crippen LogP) is 2.36. The molecule has 0 unspecified atom stereocenters. The Balaban J connectivity index is 3.03. The lowest BCUT2D eigenvalue weighted by atomic mass is 9.85. The summed E-state index contributed by atoms with van der Waals surface area (Å²) in [6.45, 7) is 8.76. The molecule has 0 aliphatic heterocycles. The minimum Gasteiger partial charge on any atom is -0.395 e. The molecule has 1 aromatic carbocycles. The first-order valence-electron chi connectivity index (χ1n) is 6.25. The van der Waals surface area contributed by atoms with Gasteiger partial charge in [0.05, 0.1) is 6.61 Å². The fourth-order valence-electron chi connectivity index (χ4n) is 1.83. The van der Waals surface area contributed by atoms with Crippen LogP contribution in [0.25, 0.3) is 0 Å². The van der Waals surface area contributed by atoms with Crippen LogP contribution in [-0.2, 0) is 5.41 Å². The van der Waals surface area contributed by atoms with Crippen LogP contribution in [0.4, 0.5) is 0 Å². The van der Waals surface area contributed by atoms with Gasteiger partial charge >= 0.3 is 0 Å². The second-order valence-corrected chi connectivity index (χ2v) is 5.73. The molecule has 1 amide bonds. The summed E-state index contributed by atoms with van der Waals surface area (Å²) in [6, 6.07) is 5.96. The third kappa shape index (κ3) is 3.33. The van der Waals surface area contributed by atoms with E-state index >= 15 is 0 Å². The summed E-state index contributed by atoms with van der Waals surface area (Å²) in [5, 5.41) is 8.86.